The zero-order chi connectivity index (χ0) is 5.11. The van der Waals surface area contributed by atoms with Gasteiger partial charge < -0.3 is 5.32 Å². The Kier molecular flexibility index (Phi) is 2.12. The van der Waals surface area contributed by atoms with E-state index in [1.165, 1.54) is 0 Å². The lowest BCUT2D eigenvalue weighted by Crippen LogP contribution is -2.25. The van der Waals surface area contributed by atoms with Gasteiger partial charge in [0.05, 0.1) is 0 Å². The zero-order valence-corrected chi connectivity index (χ0v) is 6.18. The molecule has 1 aliphatic rings. The van der Waals surface area contributed by atoms with Crippen LogP contribution in [0, 0.1) is 0 Å². The fourth-order valence-corrected chi connectivity index (χ4v) is 1.19. The Hall–Kier alpha value is 0.430. The molecule has 0 amide bonds. The smallest absolute Gasteiger partial charge is 0.0414 e. The predicted octanol–water partition coefficient (Wildman–Crippen LogP) is 0.949. The van der Waals surface area contributed by atoms with Crippen molar-refractivity contribution in [3.63, 3.8) is 0 Å². The van der Waals surface area contributed by atoms with Gasteiger partial charge in [0.15, 0.2) is 0 Å². The van der Waals surface area contributed by atoms with Crippen molar-refractivity contribution in [1.29, 1.82) is 0 Å². The summed E-state index contributed by atoms with van der Waals surface area (Å²) in [6, 6.07) is 0. The van der Waals surface area contributed by atoms with E-state index < -0.39 is 0 Å². The molecule has 0 bridgehead atoms. The van der Waals surface area contributed by atoms with Crippen molar-refractivity contribution in [3.05, 3.63) is 12.2 Å². The number of hydrogen-bond donors (Lipinski definition) is 1. The van der Waals surface area contributed by atoms with E-state index in [9.17, 15) is 0 Å². The minimum Gasteiger partial charge on any atom is -0.312 e. The normalized spacial score (nSPS) is 30.7. The van der Waals surface area contributed by atoms with Crippen LogP contribution in [-0.2, 0) is 0 Å². The molecule has 7 heavy (non-hydrogen) atoms. The van der Waals surface area contributed by atoms with Crippen LogP contribution < -0.4 is 5.32 Å². The molecule has 1 rings (SSSR count). The van der Waals surface area contributed by atoms with E-state index in [1.54, 1.807) is 0 Å². The molecule has 0 saturated heterocycles. The number of halogens is 1. The third-order valence-electron chi connectivity index (χ3n) is 0.946. The number of nitrogens with one attached hydrogen (secondary N) is 1. The molecule has 0 saturated carbocycles. The average molecular weight is 209 g/mol. The Morgan fingerprint density at radius 3 is 2.86 bits per heavy atom. The van der Waals surface area contributed by atoms with Gasteiger partial charge in [0.2, 0.25) is 0 Å². The Bertz CT molecular complexity index is 80.1. The second kappa shape index (κ2) is 2.67. The summed E-state index contributed by atoms with van der Waals surface area (Å²) in [5.74, 6) is 0. The van der Waals surface area contributed by atoms with Gasteiger partial charge in [0, 0.05) is 17.0 Å². The maximum absolute atomic E-state index is 3.24. The summed E-state index contributed by atoms with van der Waals surface area (Å²) in [6.07, 6.45) is 4.40. The maximum atomic E-state index is 3.24. The third-order valence-corrected chi connectivity index (χ3v) is 1.80. The van der Waals surface area contributed by atoms with Crippen LogP contribution in [0.5, 0.6) is 0 Å². The first kappa shape index (κ1) is 5.56. The van der Waals surface area contributed by atoms with Crippen molar-refractivity contribution in [1.82, 2.24) is 5.32 Å². The molecule has 1 aliphatic heterocycles. The fraction of sp³-hybridized carbons (Fsp3) is 0.600. The van der Waals surface area contributed by atoms with Gasteiger partial charge in [-0.3, -0.25) is 0 Å². The van der Waals surface area contributed by atoms with Crippen LogP contribution in [0.1, 0.15) is 0 Å². The molecule has 1 atom stereocenters. The summed E-state index contributed by atoms with van der Waals surface area (Å²) in [5.41, 5.74) is 0. The third kappa shape index (κ3) is 1.78. The summed E-state index contributed by atoms with van der Waals surface area (Å²) in [7, 11) is 0. The summed E-state index contributed by atoms with van der Waals surface area (Å²) in [6.45, 7) is 2.19. The molecule has 0 radical (unpaired) electrons. The van der Waals surface area contributed by atoms with E-state index in [2.05, 4.69) is 40.1 Å². The molecule has 0 aromatic heterocycles. The highest BCUT2D eigenvalue weighted by Gasteiger charge is 1.99. The van der Waals surface area contributed by atoms with Gasteiger partial charge in [0.1, 0.15) is 0 Å². The molecule has 2 heteroatoms. The first-order chi connectivity index (χ1) is 3.39. The Balaban J connectivity index is 2.36. The highest BCUT2D eigenvalue weighted by Crippen LogP contribution is 2.02. The van der Waals surface area contributed by atoms with Crippen LogP contribution in [-0.4, -0.2) is 17.0 Å². The molecule has 0 aliphatic carbocycles. The molecule has 1 unspecified atom stereocenters. The monoisotopic (exact) mass is 209 g/mol. The quantitative estimate of drug-likeness (QED) is 0.355. The molecular weight excluding hydrogens is 201 g/mol. The molecule has 0 fully saturated rings. The first-order valence-electron chi connectivity index (χ1n) is 2.41. The second-order valence-corrected chi connectivity index (χ2v) is 3.20. The van der Waals surface area contributed by atoms with Crippen LogP contribution >= 0.6 is 22.6 Å². The highest BCUT2D eigenvalue weighted by atomic mass is 127. The minimum absolute atomic E-state index is 0.714. The Morgan fingerprint density at radius 1 is 1.71 bits per heavy atom. The number of rotatable bonds is 0. The van der Waals surface area contributed by atoms with Gasteiger partial charge in [-0.15, -0.1) is 0 Å². The van der Waals surface area contributed by atoms with Crippen molar-refractivity contribution in [2.24, 2.45) is 0 Å². The first-order valence-corrected chi connectivity index (χ1v) is 3.65. The summed E-state index contributed by atoms with van der Waals surface area (Å²) in [4.78, 5) is 0. The lowest BCUT2D eigenvalue weighted by Gasteiger charge is -2.09. The maximum Gasteiger partial charge on any atom is 0.0414 e. The fourth-order valence-electron chi connectivity index (χ4n) is 0.588. The summed E-state index contributed by atoms with van der Waals surface area (Å²) in [5, 5.41) is 3.24. The molecule has 0 spiro atoms. The molecule has 40 valence electrons. The summed E-state index contributed by atoms with van der Waals surface area (Å²) >= 11 is 2.41. The largest absolute Gasteiger partial charge is 0.312 e. The van der Waals surface area contributed by atoms with Crippen LogP contribution in [0.4, 0.5) is 0 Å². The second-order valence-electron chi connectivity index (χ2n) is 1.60. The van der Waals surface area contributed by atoms with Gasteiger partial charge in [-0.25, -0.2) is 0 Å². The number of alkyl halides is 1. The lowest BCUT2D eigenvalue weighted by molar-refractivity contribution is 0.749. The zero-order valence-electron chi connectivity index (χ0n) is 4.02. The molecule has 0 aromatic rings. The van der Waals surface area contributed by atoms with Crippen LogP contribution in [0.2, 0.25) is 0 Å². The van der Waals surface area contributed by atoms with Crippen molar-refractivity contribution < 1.29 is 0 Å². The molecule has 1 heterocycles. The van der Waals surface area contributed by atoms with Crippen LogP contribution in [0.15, 0.2) is 12.2 Å². The van der Waals surface area contributed by atoms with Gasteiger partial charge in [0.25, 0.3) is 0 Å². The standard InChI is InChI=1S/C5H8IN/c6-5-2-1-3-7-4-5/h1-2,5,7H,3-4H2. The van der Waals surface area contributed by atoms with Gasteiger partial charge in [-0.2, -0.15) is 0 Å². The molecule has 0 aromatic carbocycles. The van der Waals surface area contributed by atoms with E-state index in [4.69, 9.17) is 0 Å². The molecule has 1 nitrogen and oxygen atoms in total. The van der Waals surface area contributed by atoms with Crippen molar-refractivity contribution in [2.45, 2.75) is 3.92 Å². The van der Waals surface area contributed by atoms with Crippen LogP contribution in [0.25, 0.3) is 0 Å². The minimum atomic E-state index is 0.714. The summed E-state index contributed by atoms with van der Waals surface area (Å²) < 4.78 is 0.714. The lowest BCUT2D eigenvalue weighted by atomic mass is 10.3. The van der Waals surface area contributed by atoms with Crippen molar-refractivity contribution >= 4 is 22.6 Å². The Morgan fingerprint density at radius 2 is 2.57 bits per heavy atom. The topological polar surface area (TPSA) is 12.0 Å². The average Bonchev–Trinajstić information content (AvgIpc) is 1.69. The van der Waals surface area contributed by atoms with Gasteiger partial charge >= 0.3 is 0 Å². The predicted molar refractivity (Wildman–Crippen MR) is 39.8 cm³/mol. The van der Waals surface area contributed by atoms with E-state index in [0.29, 0.717) is 3.92 Å². The Labute approximate surface area is 57.3 Å². The number of hydrogen-bond acceptors (Lipinski definition) is 1. The SMILES string of the molecule is IC1C=CCNC1. The molecular formula is C5H8IN. The highest BCUT2D eigenvalue weighted by molar-refractivity contribution is 14.1. The molecule has 1 N–H and O–H groups in total. The van der Waals surface area contributed by atoms with Gasteiger partial charge in [-0.05, 0) is 0 Å². The van der Waals surface area contributed by atoms with E-state index in [1.807, 2.05) is 0 Å². The van der Waals surface area contributed by atoms with E-state index in [0.717, 1.165) is 13.1 Å². The van der Waals surface area contributed by atoms with Crippen LogP contribution in [0.3, 0.4) is 0 Å². The van der Waals surface area contributed by atoms with Crippen molar-refractivity contribution in [3.8, 4) is 0 Å². The van der Waals surface area contributed by atoms with Crippen molar-refractivity contribution in [2.75, 3.05) is 13.1 Å². The van der Waals surface area contributed by atoms with E-state index >= 15 is 0 Å². The van der Waals surface area contributed by atoms with Gasteiger partial charge in [-0.1, -0.05) is 34.7 Å². The van der Waals surface area contributed by atoms with E-state index in [-0.39, 0.29) is 0 Å².